The molecule has 0 aliphatic carbocycles. The molecule has 1 aromatic carbocycles. The zero-order chi connectivity index (χ0) is 22.4. The predicted octanol–water partition coefficient (Wildman–Crippen LogP) is 3.84. The van der Waals surface area contributed by atoms with Gasteiger partial charge in [-0.05, 0) is 39.0 Å². The van der Waals surface area contributed by atoms with Crippen LogP contribution in [0.2, 0.25) is 0 Å². The molecule has 3 rings (SSSR count). The second-order valence-corrected chi connectivity index (χ2v) is 7.51. The Morgan fingerprint density at radius 3 is 2.71 bits per heavy atom. The normalized spacial score (nSPS) is 16.6. The van der Waals surface area contributed by atoms with E-state index in [1.165, 1.54) is 6.07 Å². The lowest BCUT2D eigenvalue weighted by molar-refractivity contribution is 0.0540. The molecule has 0 unspecified atom stereocenters. The standard InChI is InChI=1S/C22H28FN5O3/c1-4-31-22(30)28-11-10-27(16(3)13-28)14-17-6-5-7-19(20(17)23)26-21(29)25-18-9-8-15(2)24-12-18/h5-9,12,16H,4,10-11,13-14H2,1-3H3,(H2,25,26,29)/t16-/m1/s1. The Morgan fingerprint density at radius 2 is 2.03 bits per heavy atom. The molecule has 1 aliphatic heterocycles. The molecule has 1 aliphatic rings. The van der Waals surface area contributed by atoms with E-state index in [1.807, 2.05) is 13.8 Å². The van der Waals surface area contributed by atoms with Crippen molar-refractivity contribution in [1.29, 1.82) is 0 Å². The first-order chi connectivity index (χ1) is 14.9. The number of hydrogen-bond acceptors (Lipinski definition) is 5. The van der Waals surface area contributed by atoms with Gasteiger partial charge in [-0.2, -0.15) is 0 Å². The number of rotatable bonds is 5. The molecule has 1 aromatic heterocycles. The average Bonchev–Trinajstić information content (AvgIpc) is 2.74. The average molecular weight is 429 g/mol. The van der Waals surface area contributed by atoms with E-state index in [-0.39, 0.29) is 17.8 Å². The molecule has 166 valence electrons. The van der Waals surface area contributed by atoms with Crippen molar-refractivity contribution in [2.45, 2.75) is 33.4 Å². The van der Waals surface area contributed by atoms with Crippen LogP contribution in [0.3, 0.4) is 0 Å². The fourth-order valence-electron chi connectivity index (χ4n) is 3.45. The Kier molecular flexibility index (Phi) is 7.41. The van der Waals surface area contributed by atoms with Gasteiger partial charge in [-0.15, -0.1) is 0 Å². The first kappa shape index (κ1) is 22.5. The molecule has 0 radical (unpaired) electrons. The Morgan fingerprint density at radius 1 is 1.23 bits per heavy atom. The van der Waals surface area contributed by atoms with Crippen molar-refractivity contribution in [3.05, 3.63) is 53.6 Å². The van der Waals surface area contributed by atoms with Gasteiger partial charge in [0.2, 0.25) is 0 Å². The minimum Gasteiger partial charge on any atom is -0.450 e. The second kappa shape index (κ2) is 10.2. The van der Waals surface area contributed by atoms with E-state index in [4.69, 9.17) is 4.74 Å². The van der Waals surface area contributed by atoms with Crippen molar-refractivity contribution in [3.8, 4) is 0 Å². The number of carbonyl (C=O) groups excluding carboxylic acids is 2. The number of halogens is 1. The number of aryl methyl sites for hydroxylation is 1. The van der Waals surface area contributed by atoms with Crippen LogP contribution in [-0.4, -0.2) is 59.2 Å². The maximum atomic E-state index is 15.0. The van der Waals surface area contributed by atoms with Crippen LogP contribution in [0.25, 0.3) is 0 Å². The van der Waals surface area contributed by atoms with E-state index in [9.17, 15) is 9.59 Å². The summed E-state index contributed by atoms with van der Waals surface area (Å²) in [5.74, 6) is -0.472. The maximum Gasteiger partial charge on any atom is 0.409 e. The summed E-state index contributed by atoms with van der Waals surface area (Å²) < 4.78 is 20.1. The van der Waals surface area contributed by atoms with Crippen LogP contribution < -0.4 is 10.6 Å². The Hall–Kier alpha value is -3.20. The minimum absolute atomic E-state index is 0.0477. The van der Waals surface area contributed by atoms with E-state index in [2.05, 4.69) is 20.5 Å². The molecule has 3 amide bonds. The molecule has 31 heavy (non-hydrogen) atoms. The number of aromatic nitrogens is 1. The minimum atomic E-state index is -0.543. The molecule has 1 fully saturated rings. The van der Waals surface area contributed by atoms with E-state index < -0.39 is 11.8 Å². The summed E-state index contributed by atoms with van der Waals surface area (Å²) in [5, 5.41) is 5.20. The largest absolute Gasteiger partial charge is 0.450 e. The van der Waals surface area contributed by atoms with Crippen LogP contribution in [0.5, 0.6) is 0 Å². The molecule has 0 saturated carbocycles. The van der Waals surface area contributed by atoms with Crippen molar-refractivity contribution in [1.82, 2.24) is 14.8 Å². The third kappa shape index (κ3) is 5.91. The van der Waals surface area contributed by atoms with Gasteiger partial charge >= 0.3 is 12.1 Å². The lowest BCUT2D eigenvalue weighted by Gasteiger charge is -2.39. The van der Waals surface area contributed by atoms with Crippen LogP contribution in [0, 0.1) is 12.7 Å². The van der Waals surface area contributed by atoms with Gasteiger partial charge in [-0.3, -0.25) is 9.88 Å². The summed E-state index contributed by atoms with van der Waals surface area (Å²) in [6, 6.07) is 7.94. The number of amides is 3. The first-order valence-corrected chi connectivity index (χ1v) is 10.3. The number of hydrogen-bond donors (Lipinski definition) is 2. The number of pyridine rings is 1. The number of nitrogens with one attached hydrogen (secondary N) is 2. The van der Waals surface area contributed by atoms with Crippen LogP contribution in [0.15, 0.2) is 36.5 Å². The lowest BCUT2D eigenvalue weighted by atomic mass is 10.1. The van der Waals surface area contributed by atoms with E-state index in [0.717, 1.165) is 5.69 Å². The van der Waals surface area contributed by atoms with Crippen LogP contribution in [0.1, 0.15) is 25.1 Å². The van der Waals surface area contributed by atoms with E-state index in [0.29, 0.717) is 44.0 Å². The quantitative estimate of drug-likeness (QED) is 0.754. The Labute approximate surface area is 181 Å². The van der Waals surface area contributed by atoms with Crippen molar-refractivity contribution in [3.63, 3.8) is 0 Å². The summed E-state index contributed by atoms with van der Waals surface area (Å²) in [7, 11) is 0. The zero-order valence-electron chi connectivity index (χ0n) is 18.0. The van der Waals surface area contributed by atoms with Crippen molar-refractivity contribution in [2.75, 3.05) is 36.9 Å². The highest BCUT2D eigenvalue weighted by molar-refractivity contribution is 5.99. The van der Waals surface area contributed by atoms with Gasteiger partial charge in [0.05, 0.1) is 24.2 Å². The molecular weight excluding hydrogens is 401 g/mol. The molecule has 1 saturated heterocycles. The molecule has 0 spiro atoms. The number of ether oxygens (including phenoxy) is 1. The highest BCUT2D eigenvalue weighted by Gasteiger charge is 2.28. The monoisotopic (exact) mass is 429 g/mol. The van der Waals surface area contributed by atoms with Gasteiger partial charge in [0.1, 0.15) is 0 Å². The smallest absolute Gasteiger partial charge is 0.409 e. The summed E-state index contributed by atoms with van der Waals surface area (Å²) >= 11 is 0. The number of piperazine rings is 1. The molecule has 1 atom stereocenters. The highest BCUT2D eigenvalue weighted by atomic mass is 19.1. The van der Waals surface area contributed by atoms with Gasteiger partial charge in [-0.25, -0.2) is 14.0 Å². The predicted molar refractivity (Wildman–Crippen MR) is 116 cm³/mol. The van der Waals surface area contributed by atoms with E-state index >= 15 is 4.39 Å². The van der Waals surface area contributed by atoms with Gasteiger partial charge in [0.25, 0.3) is 0 Å². The molecule has 2 aromatic rings. The van der Waals surface area contributed by atoms with Crippen molar-refractivity contribution in [2.24, 2.45) is 0 Å². The SMILES string of the molecule is CCOC(=O)N1CCN(Cc2cccc(NC(=O)Nc3ccc(C)nc3)c2F)[C@H](C)C1. The topological polar surface area (TPSA) is 86.8 Å². The molecule has 2 N–H and O–H groups in total. The van der Waals surface area contributed by atoms with Gasteiger partial charge in [-0.1, -0.05) is 12.1 Å². The number of nitrogens with zero attached hydrogens (tertiary/aromatic N) is 3. The van der Waals surface area contributed by atoms with Crippen LogP contribution in [0.4, 0.5) is 25.4 Å². The molecular formula is C22H28FN5O3. The Balaban J connectivity index is 1.61. The third-order valence-corrected chi connectivity index (χ3v) is 5.16. The lowest BCUT2D eigenvalue weighted by Crippen LogP contribution is -2.53. The summed E-state index contributed by atoms with van der Waals surface area (Å²) in [6.07, 6.45) is 1.22. The second-order valence-electron chi connectivity index (χ2n) is 7.51. The van der Waals surface area contributed by atoms with Crippen molar-refractivity contribution >= 4 is 23.5 Å². The zero-order valence-corrected chi connectivity index (χ0v) is 18.0. The fraction of sp³-hybridized carbons (Fsp3) is 0.409. The number of carbonyl (C=O) groups is 2. The molecule has 2 heterocycles. The van der Waals surface area contributed by atoms with Crippen LogP contribution >= 0.6 is 0 Å². The van der Waals surface area contributed by atoms with Crippen LogP contribution in [-0.2, 0) is 11.3 Å². The number of anilines is 2. The highest BCUT2D eigenvalue weighted by Crippen LogP contribution is 2.22. The van der Waals surface area contributed by atoms with E-state index in [1.54, 1.807) is 42.3 Å². The van der Waals surface area contributed by atoms with Crippen molar-refractivity contribution < 1.29 is 18.7 Å². The van der Waals surface area contributed by atoms with Gasteiger partial charge < -0.3 is 20.3 Å². The summed E-state index contributed by atoms with van der Waals surface area (Å²) in [4.78, 5) is 32.1. The van der Waals surface area contributed by atoms with Gasteiger partial charge in [0, 0.05) is 43.5 Å². The summed E-state index contributed by atoms with van der Waals surface area (Å²) in [5.41, 5.74) is 1.94. The third-order valence-electron chi connectivity index (χ3n) is 5.16. The number of benzene rings is 1. The van der Waals surface area contributed by atoms with Gasteiger partial charge in [0.15, 0.2) is 5.82 Å². The Bertz CT molecular complexity index is 922. The maximum absolute atomic E-state index is 15.0. The number of urea groups is 1. The molecule has 9 heteroatoms. The summed E-state index contributed by atoms with van der Waals surface area (Å²) in [6.45, 7) is 7.99. The fourth-order valence-corrected chi connectivity index (χ4v) is 3.45. The molecule has 8 nitrogen and oxygen atoms in total. The first-order valence-electron chi connectivity index (χ1n) is 10.3. The molecule has 0 bridgehead atoms.